The van der Waals surface area contributed by atoms with Crippen LogP contribution < -0.4 is 5.32 Å². The number of nitrogens with one attached hydrogen (secondary N) is 1. The largest absolute Gasteiger partial charge is 0.310 e. The molecule has 4 nitrogen and oxygen atoms in total. The van der Waals surface area contributed by atoms with Gasteiger partial charge in [0.05, 0.1) is 6.54 Å². The van der Waals surface area contributed by atoms with Gasteiger partial charge < -0.3 is 5.32 Å². The van der Waals surface area contributed by atoms with Crippen LogP contribution in [0.3, 0.4) is 0 Å². The van der Waals surface area contributed by atoms with Crippen LogP contribution in [0.2, 0.25) is 0 Å². The fourth-order valence-corrected chi connectivity index (χ4v) is 2.26. The van der Waals surface area contributed by atoms with Crippen molar-refractivity contribution >= 4 is 0 Å². The molecular weight excluding hydrogens is 212 g/mol. The molecule has 0 amide bonds. The van der Waals surface area contributed by atoms with Crippen LogP contribution in [0.15, 0.2) is 18.5 Å². The predicted molar refractivity (Wildman–Crippen MR) is 68.6 cm³/mol. The van der Waals surface area contributed by atoms with Crippen LogP contribution >= 0.6 is 0 Å². The van der Waals surface area contributed by atoms with E-state index in [0.717, 1.165) is 24.8 Å². The molecule has 0 radical (unpaired) electrons. The molecule has 94 valence electrons. The molecule has 2 rings (SSSR count). The average molecular weight is 234 g/mol. The summed E-state index contributed by atoms with van der Waals surface area (Å²) in [6, 6.07) is 0.381. The monoisotopic (exact) mass is 234 g/mol. The number of hydrogen-bond acceptors (Lipinski definition) is 3. The lowest BCUT2D eigenvalue weighted by molar-refractivity contribution is 0.425. The smallest absolute Gasteiger partial charge is 0.141 e. The summed E-state index contributed by atoms with van der Waals surface area (Å²) in [5.41, 5.74) is 0. The van der Waals surface area contributed by atoms with Crippen molar-refractivity contribution in [2.45, 2.75) is 45.7 Å². The molecule has 0 bridgehead atoms. The van der Waals surface area contributed by atoms with Crippen molar-refractivity contribution in [1.29, 1.82) is 0 Å². The lowest BCUT2D eigenvalue weighted by Crippen LogP contribution is -2.25. The number of nitrogens with zero attached hydrogens (tertiary/aromatic N) is 3. The SMILES string of the molecule is CC(C)n1ncnc1CNCC1CC=CCC1. The third-order valence-electron chi connectivity index (χ3n) is 3.23. The first-order valence-corrected chi connectivity index (χ1v) is 6.51. The van der Waals surface area contributed by atoms with Gasteiger partial charge in [0.25, 0.3) is 0 Å². The molecule has 1 aromatic rings. The topological polar surface area (TPSA) is 42.7 Å². The highest BCUT2D eigenvalue weighted by Crippen LogP contribution is 2.17. The zero-order valence-corrected chi connectivity index (χ0v) is 10.8. The van der Waals surface area contributed by atoms with Crippen molar-refractivity contribution in [3.05, 3.63) is 24.3 Å². The first kappa shape index (κ1) is 12.3. The molecule has 0 saturated carbocycles. The summed E-state index contributed by atoms with van der Waals surface area (Å²) in [5, 5.41) is 7.73. The molecule has 0 aliphatic heterocycles. The van der Waals surface area contributed by atoms with Crippen LogP contribution in [0.25, 0.3) is 0 Å². The van der Waals surface area contributed by atoms with Gasteiger partial charge in [0.15, 0.2) is 0 Å². The molecule has 0 aromatic carbocycles. The van der Waals surface area contributed by atoms with E-state index >= 15 is 0 Å². The quantitative estimate of drug-likeness (QED) is 0.795. The Bertz CT molecular complexity index is 367. The summed E-state index contributed by atoms with van der Waals surface area (Å²) in [5.74, 6) is 1.82. The lowest BCUT2D eigenvalue weighted by Gasteiger charge is -2.18. The Morgan fingerprint density at radius 2 is 2.35 bits per heavy atom. The predicted octanol–water partition coefficient (Wildman–Crippen LogP) is 2.30. The summed E-state index contributed by atoms with van der Waals surface area (Å²) < 4.78 is 1.98. The Labute approximate surface area is 103 Å². The molecule has 1 aliphatic rings. The Balaban J connectivity index is 1.77. The van der Waals surface area contributed by atoms with Gasteiger partial charge in [0.2, 0.25) is 0 Å². The molecule has 1 N–H and O–H groups in total. The zero-order valence-electron chi connectivity index (χ0n) is 10.8. The van der Waals surface area contributed by atoms with E-state index in [1.807, 2.05) is 4.68 Å². The summed E-state index contributed by atoms with van der Waals surface area (Å²) >= 11 is 0. The molecule has 0 saturated heterocycles. The molecule has 1 unspecified atom stereocenters. The van der Waals surface area contributed by atoms with Crippen LogP contribution in [0.1, 0.15) is 45.0 Å². The van der Waals surface area contributed by atoms with Gasteiger partial charge in [-0.3, -0.25) is 0 Å². The van der Waals surface area contributed by atoms with Crippen molar-refractivity contribution in [2.24, 2.45) is 5.92 Å². The van der Waals surface area contributed by atoms with Gasteiger partial charge >= 0.3 is 0 Å². The van der Waals surface area contributed by atoms with E-state index in [1.54, 1.807) is 6.33 Å². The lowest BCUT2D eigenvalue weighted by atomic mass is 9.94. The minimum atomic E-state index is 0.381. The normalized spacial score (nSPS) is 20.1. The van der Waals surface area contributed by atoms with Gasteiger partial charge in [-0.25, -0.2) is 9.67 Å². The van der Waals surface area contributed by atoms with Gasteiger partial charge in [-0.1, -0.05) is 12.2 Å². The van der Waals surface area contributed by atoms with Gasteiger partial charge in [0, 0.05) is 6.04 Å². The van der Waals surface area contributed by atoms with Crippen LogP contribution in [0.4, 0.5) is 0 Å². The van der Waals surface area contributed by atoms with Crippen molar-refractivity contribution in [3.63, 3.8) is 0 Å². The average Bonchev–Trinajstić information content (AvgIpc) is 2.79. The maximum Gasteiger partial charge on any atom is 0.141 e. The molecule has 4 heteroatoms. The minimum absolute atomic E-state index is 0.381. The van der Waals surface area contributed by atoms with E-state index < -0.39 is 0 Å². The number of allylic oxidation sites excluding steroid dienone is 2. The van der Waals surface area contributed by atoms with Crippen LogP contribution in [0.5, 0.6) is 0 Å². The Morgan fingerprint density at radius 1 is 1.47 bits per heavy atom. The van der Waals surface area contributed by atoms with Crippen LogP contribution in [-0.2, 0) is 6.54 Å². The summed E-state index contributed by atoms with van der Waals surface area (Å²) in [7, 11) is 0. The van der Waals surface area contributed by atoms with E-state index in [0.29, 0.717) is 6.04 Å². The standard InChI is InChI=1S/C13H22N4/c1-11(2)17-13(15-10-16-17)9-14-8-12-6-4-3-5-7-12/h3-4,10-12,14H,5-9H2,1-2H3. The van der Waals surface area contributed by atoms with Crippen molar-refractivity contribution in [2.75, 3.05) is 6.54 Å². The summed E-state index contributed by atoms with van der Waals surface area (Å²) in [4.78, 5) is 4.30. The molecular formula is C13H22N4. The van der Waals surface area contributed by atoms with E-state index in [2.05, 4.69) is 41.4 Å². The first-order chi connectivity index (χ1) is 8.27. The number of hydrogen-bond donors (Lipinski definition) is 1. The van der Waals surface area contributed by atoms with Crippen LogP contribution in [0, 0.1) is 5.92 Å². The third-order valence-corrected chi connectivity index (χ3v) is 3.23. The van der Waals surface area contributed by atoms with Crippen LogP contribution in [-0.4, -0.2) is 21.3 Å². The van der Waals surface area contributed by atoms with Gasteiger partial charge in [-0.2, -0.15) is 5.10 Å². The first-order valence-electron chi connectivity index (χ1n) is 6.51. The fraction of sp³-hybridized carbons (Fsp3) is 0.692. The maximum absolute atomic E-state index is 4.30. The van der Waals surface area contributed by atoms with Gasteiger partial charge in [-0.05, 0) is 45.6 Å². The van der Waals surface area contributed by atoms with E-state index in [1.165, 1.54) is 19.3 Å². The second-order valence-electron chi connectivity index (χ2n) is 5.00. The van der Waals surface area contributed by atoms with Crippen molar-refractivity contribution in [1.82, 2.24) is 20.1 Å². The number of rotatable bonds is 5. The Morgan fingerprint density at radius 3 is 3.06 bits per heavy atom. The highest BCUT2D eigenvalue weighted by molar-refractivity contribution is 4.91. The van der Waals surface area contributed by atoms with Gasteiger partial charge in [-0.15, -0.1) is 0 Å². The highest BCUT2D eigenvalue weighted by Gasteiger charge is 2.11. The van der Waals surface area contributed by atoms with Crippen molar-refractivity contribution < 1.29 is 0 Å². The fourth-order valence-electron chi connectivity index (χ4n) is 2.26. The van der Waals surface area contributed by atoms with Gasteiger partial charge in [0.1, 0.15) is 12.2 Å². The highest BCUT2D eigenvalue weighted by atomic mass is 15.3. The summed E-state index contributed by atoms with van der Waals surface area (Å²) in [6.45, 7) is 6.15. The molecule has 1 aliphatic carbocycles. The molecule has 0 spiro atoms. The third kappa shape index (κ3) is 3.40. The number of aromatic nitrogens is 3. The Kier molecular flexibility index (Phi) is 4.31. The van der Waals surface area contributed by atoms with E-state index in [9.17, 15) is 0 Å². The van der Waals surface area contributed by atoms with Crippen molar-refractivity contribution in [3.8, 4) is 0 Å². The van der Waals surface area contributed by atoms with E-state index in [4.69, 9.17) is 0 Å². The minimum Gasteiger partial charge on any atom is -0.310 e. The molecule has 1 atom stereocenters. The zero-order chi connectivity index (χ0) is 12.1. The Hall–Kier alpha value is -1.16. The molecule has 0 fully saturated rings. The van der Waals surface area contributed by atoms with E-state index in [-0.39, 0.29) is 0 Å². The second kappa shape index (κ2) is 5.96. The summed E-state index contributed by atoms with van der Waals surface area (Å²) in [6.07, 6.45) is 9.97. The molecule has 1 heterocycles. The maximum atomic E-state index is 4.30. The molecule has 1 aromatic heterocycles. The second-order valence-corrected chi connectivity index (χ2v) is 5.00. The molecule has 17 heavy (non-hydrogen) atoms.